The van der Waals surface area contributed by atoms with E-state index < -0.39 is 17.9 Å². The van der Waals surface area contributed by atoms with Crippen molar-refractivity contribution in [3.63, 3.8) is 0 Å². The quantitative estimate of drug-likeness (QED) is 0.822. The summed E-state index contributed by atoms with van der Waals surface area (Å²) in [6.45, 7) is 3.99. The Hall–Kier alpha value is -2.62. The van der Waals surface area contributed by atoms with E-state index in [-0.39, 0.29) is 11.8 Å². The average Bonchev–Trinajstić information content (AvgIpc) is 2.56. The minimum absolute atomic E-state index is 0.211. The summed E-state index contributed by atoms with van der Waals surface area (Å²) in [6.07, 6.45) is 0.525. The Kier molecular flexibility index (Phi) is 6.13. The van der Waals surface area contributed by atoms with Crippen molar-refractivity contribution < 1.29 is 9.59 Å². The molecule has 0 saturated carbocycles. The number of hydrogen-bond acceptors (Lipinski definition) is 2. The number of nitrogens with two attached hydrogens (primary N) is 1. The van der Waals surface area contributed by atoms with Gasteiger partial charge in [0, 0.05) is 0 Å². The second kappa shape index (κ2) is 8.29. The van der Waals surface area contributed by atoms with E-state index in [2.05, 4.69) is 5.32 Å². The molecule has 0 unspecified atom stereocenters. The molecule has 0 aromatic heterocycles. The average molecular weight is 324 g/mol. The summed E-state index contributed by atoms with van der Waals surface area (Å²) in [5.41, 5.74) is 7.22. The molecule has 0 aliphatic rings. The van der Waals surface area contributed by atoms with Crippen LogP contribution < -0.4 is 11.1 Å². The van der Waals surface area contributed by atoms with Crippen LogP contribution in [0.2, 0.25) is 0 Å². The van der Waals surface area contributed by atoms with Gasteiger partial charge in [-0.05, 0) is 23.5 Å². The number of carbonyl (C=O) groups excluding carboxylic acids is 2. The van der Waals surface area contributed by atoms with Crippen molar-refractivity contribution in [2.75, 3.05) is 0 Å². The molecule has 3 N–H and O–H groups in total. The largest absolute Gasteiger partial charge is 0.368 e. The minimum atomic E-state index is -0.660. The molecule has 2 amide bonds. The normalized spacial score (nSPS) is 12.2. The van der Waals surface area contributed by atoms with E-state index in [0.717, 1.165) is 11.1 Å². The maximum Gasteiger partial charge on any atom is 0.240 e. The summed E-state index contributed by atoms with van der Waals surface area (Å²) in [5, 5.41) is 2.83. The van der Waals surface area contributed by atoms with Gasteiger partial charge in [-0.1, -0.05) is 74.5 Å². The molecule has 2 rings (SSSR count). The molecule has 0 bridgehead atoms. The number of hydrogen-bond donors (Lipinski definition) is 2. The number of amides is 2. The van der Waals surface area contributed by atoms with Crippen molar-refractivity contribution >= 4 is 11.8 Å². The first-order chi connectivity index (χ1) is 11.5. The lowest BCUT2D eigenvalue weighted by Gasteiger charge is -2.22. The maximum absolute atomic E-state index is 12.9. The highest BCUT2D eigenvalue weighted by molar-refractivity contribution is 5.91. The standard InChI is InChI=1S/C20H24N2O2/c1-14(2)13-17(19(21)23)22-20(24)18(15-9-5-3-6-10-15)16-11-7-4-8-12-16/h3-12,14,17-18H,13H2,1-2H3,(H2,21,23)(H,22,24)/t17-/m0/s1. The van der Waals surface area contributed by atoms with Crippen LogP contribution in [0, 0.1) is 5.92 Å². The third kappa shape index (κ3) is 4.69. The van der Waals surface area contributed by atoms with Crippen molar-refractivity contribution in [1.82, 2.24) is 5.32 Å². The smallest absolute Gasteiger partial charge is 0.240 e. The van der Waals surface area contributed by atoms with E-state index in [0.29, 0.717) is 6.42 Å². The maximum atomic E-state index is 12.9. The summed E-state index contributed by atoms with van der Waals surface area (Å²) >= 11 is 0. The molecule has 4 nitrogen and oxygen atoms in total. The van der Waals surface area contributed by atoms with E-state index in [1.54, 1.807) is 0 Å². The zero-order chi connectivity index (χ0) is 17.5. The molecule has 0 aliphatic heterocycles. The van der Waals surface area contributed by atoms with Gasteiger partial charge in [-0.25, -0.2) is 0 Å². The molecule has 4 heteroatoms. The van der Waals surface area contributed by atoms with E-state index in [4.69, 9.17) is 5.73 Å². The number of rotatable bonds is 7. The van der Waals surface area contributed by atoms with Gasteiger partial charge < -0.3 is 11.1 Å². The zero-order valence-corrected chi connectivity index (χ0v) is 14.1. The first kappa shape index (κ1) is 17.7. The topological polar surface area (TPSA) is 72.2 Å². The molecule has 24 heavy (non-hydrogen) atoms. The van der Waals surface area contributed by atoms with Crippen molar-refractivity contribution in [3.05, 3.63) is 71.8 Å². The van der Waals surface area contributed by atoms with E-state index >= 15 is 0 Å². The Bertz CT molecular complexity index is 629. The zero-order valence-electron chi connectivity index (χ0n) is 14.1. The fraction of sp³-hybridized carbons (Fsp3) is 0.300. The first-order valence-electron chi connectivity index (χ1n) is 8.18. The van der Waals surface area contributed by atoms with Gasteiger partial charge in [0.15, 0.2) is 0 Å². The molecule has 0 aliphatic carbocycles. The number of primary amides is 1. The van der Waals surface area contributed by atoms with Gasteiger partial charge in [-0.15, -0.1) is 0 Å². The lowest BCUT2D eigenvalue weighted by atomic mass is 9.90. The molecule has 0 radical (unpaired) electrons. The molecule has 0 heterocycles. The summed E-state index contributed by atoms with van der Waals surface area (Å²) in [5.74, 6) is -0.926. The Balaban J connectivity index is 2.30. The van der Waals surface area contributed by atoms with Crippen LogP contribution in [0.5, 0.6) is 0 Å². The highest BCUT2D eigenvalue weighted by Gasteiger charge is 2.27. The predicted octanol–water partition coefficient (Wildman–Crippen LogP) is 2.83. The van der Waals surface area contributed by atoms with Crippen LogP contribution in [0.15, 0.2) is 60.7 Å². The first-order valence-corrected chi connectivity index (χ1v) is 8.18. The molecule has 0 saturated heterocycles. The Morgan fingerprint density at radius 3 is 1.75 bits per heavy atom. The van der Waals surface area contributed by atoms with Crippen molar-refractivity contribution in [2.45, 2.75) is 32.2 Å². The Labute approximate surface area is 143 Å². The van der Waals surface area contributed by atoms with Crippen LogP contribution in [0.25, 0.3) is 0 Å². The third-order valence-corrected chi connectivity index (χ3v) is 3.90. The molecule has 1 atom stereocenters. The molecule has 126 valence electrons. The predicted molar refractivity (Wildman–Crippen MR) is 95.3 cm³/mol. The summed E-state index contributed by atoms with van der Waals surface area (Å²) < 4.78 is 0. The molecule has 0 fully saturated rings. The number of nitrogens with one attached hydrogen (secondary N) is 1. The van der Waals surface area contributed by atoms with Crippen molar-refractivity contribution in [1.29, 1.82) is 0 Å². The van der Waals surface area contributed by atoms with E-state index in [9.17, 15) is 9.59 Å². The van der Waals surface area contributed by atoms with Gasteiger partial charge in [0.1, 0.15) is 6.04 Å². The SMILES string of the molecule is CC(C)C[C@H](NC(=O)C(c1ccccc1)c1ccccc1)C(N)=O. The van der Waals surface area contributed by atoms with Gasteiger partial charge in [-0.2, -0.15) is 0 Å². The summed E-state index contributed by atoms with van der Waals surface area (Å²) in [7, 11) is 0. The molecule has 2 aromatic carbocycles. The fourth-order valence-electron chi connectivity index (χ4n) is 2.76. The minimum Gasteiger partial charge on any atom is -0.368 e. The van der Waals surface area contributed by atoms with Crippen LogP contribution >= 0.6 is 0 Å². The van der Waals surface area contributed by atoms with Crippen molar-refractivity contribution in [2.24, 2.45) is 11.7 Å². The number of benzene rings is 2. The summed E-state index contributed by atoms with van der Waals surface area (Å²) in [6, 6.07) is 18.4. The third-order valence-electron chi connectivity index (χ3n) is 3.90. The second-order valence-corrected chi connectivity index (χ2v) is 6.35. The van der Waals surface area contributed by atoms with Gasteiger partial charge in [0.05, 0.1) is 5.92 Å². The Morgan fingerprint density at radius 1 is 0.917 bits per heavy atom. The van der Waals surface area contributed by atoms with Crippen LogP contribution in [-0.4, -0.2) is 17.9 Å². The lowest BCUT2D eigenvalue weighted by Crippen LogP contribution is -2.47. The van der Waals surface area contributed by atoms with E-state index in [1.807, 2.05) is 74.5 Å². The molecular formula is C20H24N2O2. The highest BCUT2D eigenvalue weighted by atomic mass is 16.2. The van der Waals surface area contributed by atoms with E-state index in [1.165, 1.54) is 0 Å². The van der Waals surface area contributed by atoms with Gasteiger partial charge >= 0.3 is 0 Å². The second-order valence-electron chi connectivity index (χ2n) is 6.35. The van der Waals surface area contributed by atoms with Crippen LogP contribution in [0.3, 0.4) is 0 Å². The fourth-order valence-corrected chi connectivity index (χ4v) is 2.76. The number of carbonyl (C=O) groups is 2. The highest BCUT2D eigenvalue weighted by Crippen LogP contribution is 2.25. The van der Waals surface area contributed by atoms with Crippen molar-refractivity contribution in [3.8, 4) is 0 Å². The van der Waals surface area contributed by atoms with Gasteiger partial charge in [-0.3, -0.25) is 9.59 Å². The van der Waals surface area contributed by atoms with Gasteiger partial charge in [0.2, 0.25) is 11.8 Å². The molecule has 2 aromatic rings. The van der Waals surface area contributed by atoms with Crippen LogP contribution in [-0.2, 0) is 9.59 Å². The van der Waals surface area contributed by atoms with Gasteiger partial charge in [0.25, 0.3) is 0 Å². The summed E-state index contributed by atoms with van der Waals surface area (Å²) in [4.78, 5) is 24.6. The van der Waals surface area contributed by atoms with Crippen LogP contribution in [0.1, 0.15) is 37.3 Å². The Morgan fingerprint density at radius 2 is 1.38 bits per heavy atom. The lowest BCUT2D eigenvalue weighted by molar-refractivity contribution is -0.128. The molecular weight excluding hydrogens is 300 g/mol. The monoisotopic (exact) mass is 324 g/mol. The molecule has 0 spiro atoms. The van der Waals surface area contributed by atoms with Crippen LogP contribution in [0.4, 0.5) is 0 Å².